The number of carboxylic acids is 1. The molecule has 0 amide bonds. The number of rotatable bonds is 2. The monoisotopic (exact) mass is 275 g/mol. The first-order valence-corrected chi connectivity index (χ1v) is 7.54. The molecular formula is C15H17NO2S. The van der Waals surface area contributed by atoms with Crippen LogP contribution in [-0.2, 0) is 10.2 Å². The molecule has 1 aliphatic carbocycles. The van der Waals surface area contributed by atoms with Gasteiger partial charge in [-0.25, -0.2) is 4.98 Å². The third-order valence-electron chi connectivity index (χ3n) is 4.16. The fourth-order valence-corrected chi connectivity index (χ4v) is 3.93. The highest BCUT2D eigenvalue weighted by molar-refractivity contribution is 7.18. The highest BCUT2D eigenvalue weighted by atomic mass is 32.1. The molecule has 1 saturated carbocycles. The van der Waals surface area contributed by atoms with Crippen molar-refractivity contribution in [3.8, 4) is 0 Å². The van der Waals surface area contributed by atoms with Gasteiger partial charge in [-0.05, 0) is 37.5 Å². The Hall–Kier alpha value is -1.42. The predicted octanol–water partition coefficient (Wildman–Crippen LogP) is 3.89. The van der Waals surface area contributed by atoms with Crippen molar-refractivity contribution in [3.63, 3.8) is 0 Å². The number of hydrogen-bond acceptors (Lipinski definition) is 3. The number of nitrogens with zero attached hydrogens (tertiary/aromatic N) is 1. The van der Waals surface area contributed by atoms with Crippen molar-refractivity contribution in [2.75, 3.05) is 0 Å². The fraction of sp³-hybridized carbons (Fsp3) is 0.467. The molecule has 1 heterocycles. The molecule has 0 radical (unpaired) electrons. The molecule has 0 atom stereocenters. The zero-order valence-corrected chi connectivity index (χ0v) is 11.8. The predicted molar refractivity (Wildman–Crippen MR) is 76.8 cm³/mol. The first-order chi connectivity index (χ1) is 9.12. The summed E-state index contributed by atoms with van der Waals surface area (Å²) in [7, 11) is 0. The molecule has 0 spiro atoms. The normalized spacial score (nSPS) is 18.6. The standard InChI is InChI=1S/C15H17NO2S/c1-10-16-12-9-11(5-6-13(12)19-10)15(14(17)18)7-3-2-4-8-15/h5-6,9H,2-4,7-8H2,1H3,(H,17,18). The van der Waals surface area contributed by atoms with E-state index in [-0.39, 0.29) is 0 Å². The molecule has 3 nitrogen and oxygen atoms in total. The summed E-state index contributed by atoms with van der Waals surface area (Å²) in [5.74, 6) is -0.682. The largest absolute Gasteiger partial charge is 0.481 e. The van der Waals surface area contributed by atoms with E-state index in [1.807, 2.05) is 25.1 Å². The topological polar surface area (TPSA) is 50.2 Å². The number of hydrogen-bond donors (Lipinski definition) is 1. The van der Waals surface area contributed by atoms with Crippen LogP contribution in [0.4, 0.5) is 0 Å². The van der Waals surface area contributed by atoms with E-state index < -0.39 is 11.4 Å². The Bertz CT molecular complexity index is 626. The van der Waals surface area contributed by atoms with Gasteiger partial charge in [0.15, 0.2) is 0 Å². The summed E-state index contributed by atoms with van der Waals surface area (Å²) < 4.78 is 1.14. The van der Waals surface area contributed by atoms with E-state index >= 15 is 0 Å². The number of carbonyl (C=O) groups is 1. The van der Waals surface area contributed by atoms with Gasteiger partial charge in [-0.2, -0.15) is 0 Å². The molecule has 1 aromatic heterocycles. The summed E-state index contributed by atoms with van der Waals surface area (Å²) in [5.41, 5.74) is 1.17. The Labute approximate surface area is 116 Å². The molecule has 1 fully saturated rings. The van der Waals surface area contributed by atoms with Gasteiger partial charge >= 0.3 is 5.97 Å². The van der Waals surface area contributed by atoms with Crippen molar-refractivity contribution in [3.05, 3.63) is 28.8 Å². The van der Waals surface area contributed by atoms with Crippen LogP contribution in [0.3, 0.4) is 0 Å². The Morgan fingerprint density at radius 2 is 2.05 bits per heavy atom. The zero-order chi connectivity index (χ0) is 13.5. The molecule has 100 valence electrons. The maximum atomic E-state index is 11.8. The van der Waals surface area contributed by atoms with Gasteiger partial charge in [0, 0.05) is 0 Å². The van der Waals surface area contributed by atoms with Crippen LogP contribution in [0.2, 0.25) is 0 Å². The Kier molecular flexibility index (Phi) is 3.05. The van der Waals surface area contributed by atoms with E-state index in [4.69, 9.17) is 0 Å². The van der Waals surface area contributed by atoms with Crippen LogP contribution in [0, 0.1) is 6.92 Å². The molecule has 1 aromatic carbocycles. The lowest BCUT2D eigenvalue weighted by molar-refractivity contribution is -0.145. The summed E-state index contributed by atoms with van der Waals surface area (Å²) in [6.07, 6.45) is 4.64. The van der Waals surface area contributed by atoms with Crippen molar-refractivity contribution in [2.45, 2.75) is 44.4 Å². The van der Waals surface area contributed by atoms with Crippen LogP contribution >= 0.6 is 11.3 Å². The van der Waals surface area contributed by atoms with E-state index in [9.17, 15) is 9.90 Å². The zero-order valence-electron chi connectivity index (χ0n) is 11.0. The van der Waals surface area contributed by atoms with Crippen LogP contribution in [0.5, 0.6) is 0 Å². The third-order valence-corrected chi connectivity index (χ3v) is 5.12. The van der Waals surface area contributed by atoms with Gasteiger partial charge in [0.25, 0.3) is 0 Å². The minimum atomic E-state index is -0.691. The second-order valence-corrected chi connectivity index (χ2v) is 6.60. The summed E-state index contributed by atoms with van der Waals surface area (Å²) >= 11 is 1.66. The Morgan fingerprint density at radius 3 is 2.74 bits per heavy atom. The summed E-state index contributed by atoms with van der Waals surface area (Å²) in [6.45, 7) is 1.98. The summed E-state index contributed by atoms with van der Waals surface area (Å²) in [5, 5.41) is 10.7. The summed E-state index contributed by atoms with van der Waals surface area (Å²) in [4.78, 5) is 16.3. The second kappa shape index (κ2) is 4.60. The number of fused-ring (bicyclic) bond motifs is 1. The lowest BCUT2D eigenvalue weighted by atomic mass is 9.69. The van der Waals surface area contributed by atoms with Crippen molar-refractivity contribution < 1.29 is 9.90 Å². The first-order valence-electron chi connectivity index (χ1n) is 6.73. The molecule has 0 unspecified atom stereocenters. The minimum Gasteiger partial charge on any atom is -0.481 e. The average Bonchev–Trinajstić information content (AvgIpc) is 2.78. The SMILES string of the molecule is Cc1nc2cc(C3(C(=O)O)CCCCC3)ccc2s1. The van der Waals surface area contributed by atoms with Gasteiger partial charge in [0.2, 0.25) is 0 Å². The van der Waals surface area contributed by atoms with Crippen molar-refractivity contribution in [1.82, 2.24) is 4.98 Å². The van der Waals surface area contributed by atoms with Crippen LogP contribution in [-0.4, -0.2) is 16.1 Å². The molecule has 3 rings (SSSR count). The molecule has 1 aliphatic rings. The Balaban J connectivity index is 2.11. The number of aromatic nitrogens is 1. The van der Waals surface area contributed by atoms with Gasteiger partial charge in [0.1, 0.15) is 0 Å². The van der Waals surface area contributed by atoms with Crippen LogP contribution in [0.25, 0.3) is 10.2 Å². The maximum Gasteiger partial charge on any atom is 0.314 e. The van der Waals surface area contributed by atoms with Crippen molar-refractivity contribution in [1.29, 1.82) is 0 Å². The molecule has 2 aromatic rings. The fourth-order valence-electron chi connectivity index (χ4n) is 3.12. The van der Waals surface area contributed by atoms with Gasteiger partial charge < -0.3 is 5.11 Å². The van der Waals surface area contributed by atoms with Crippen LogP contribution < -0.4 is 0 Å². The average molecular weight is 275 g/mol. The van der Waals surface area contributed by atoms with Crippen LogP contribution in [0.1, 0.15) is 42.7 Å². The molecular weight excluding hydrogens is 258 g/mol. The molecule has 0 bridgehead atoms. The van der Waals surface area contributed by atoms with Crippen molar-refractivity contribution in [2.24, 2.45) is 0 Å². The summed E-state index contributed by atoms with van der Waals surface area (Å²) in [6, 6.07) is 5.99. The van der Waals surface area contributed by atoms with E-state index in [1.165, 1.54) is 0 Å². The quantitative estimate of drug-likeness (QED) is 0.904. The van der Waals surface area contributed by atoms with E-state index in [2.05, 4.69) is 4.98 Å². The highest BCUT2D eigenvalue weighted by Crippen LogP contribution is 2.41. The third kappa shape index (κ3) is 2.04. The van der Waals surface area contributed by atoms with E-state index in [0.717, 1.165) is 52.9 Å². The van der Waals surface area contributed by atoms with E-state index in [1.54, 1.807) is 11.3 Å². The number of benzene rings is 1. The number of carboxylic acid groups (broad SMARTS) is 1. The van der Waals surface area contributed by atoms with Crippen LogP contribution in [0.15, 0.2) is 18.2 Å². The number of aryl methyl sites for hydroxylation is 1. The Morgan fingerprint density at radius 1 is 1.32 bits per heavy atom. The lowest BCUT2D eigenvalue weighted by Crippen LogP contribution is -2.37. The molecule has 4 heteroatoms. The molecule has 19 heavy (non-hydrogen) atoms. The first kappa shape index (κ1) is 12.6. The highest BCUT2D eigenvalue weighted by Gasteiger charge is 2.41. The minimum absolute atomic E-state index is 0.682. The number of thiazole rings is 1. The second-order valence-electron chi connectivity index (χ2n) is 5.36. The molecule has 1 N–H and O–H groups in total. The van der Waals surface area contributed by atoms with Gasteiger partial charge in [-0.1, -0.05) is 25.3 Å². The van der Waals surface area contributed by atoms with Crippen molar-refractivity contribution >= 4 is 27.5 Å². The van der Waals surface area contributed by atoms with E-state index in [0.29, 0.717) is 0 Å². The maximum absolute atomic E-state index is 11.8. The van der Waals surface area contributed by atoms with Gasteiger partial charge in [-0.3, -0.25) is 4.79 Å². The van der Waals surface area contributed by atoms with Gasteiger partial charge in [0.05, 0.1) is 20.6 Å². The number of aliphatic carboxylic acids is 1. The lowest BCUT2D eigenvalue weighted by Gasteiger charge is -2.33. The molecule has 0 saturated heterocycles. The van der Waals surface area contributed by atoms with Gasteiger partial charge in [-0.15, -0.1) is 11.3 Å². The molecule has 0 aliphatic heterocycles. The smallest absolute Gasteiger partial charge is 0.314 e.